The van der Waals surface area contributed by atoms with E-state index >= 15 is 0 Å². The molecule has 2 aromatic rings. The summed E-state index contributed by atoms with van der Waals surface area (Å²) in [5.74, 6) is 0.710. The predicted octanol–water partition coefficient (Wildman–Crippen LogP) is 4.45. The summed E-state index contributed by atoms with van der Waals surface area (Å²) in [5.41, 5.74) is 4.33. The Morgan fingerprint density at radius 1 is 1.24 bits per heavy atom. The lowest BCUT2D eigenvalue weighted by Crippen LogP contribution is -2.32. The third-order valence-corrected chi connectivity index (χ3v) is 4.46. The Labute approximate surface area is 129 Å². The molecule has 0 saturated heterocycles. The Kier molecular flexibility index (Phi) is 3.87. The van der Waals surface area contributed by atoms with Gasteiger partial charge in [0.2, 0.25) is 0 Å². The molecule has 1 heterocycles. The largest absolute Gasteiger partial charge is 0.478 e. The number of nitrogens with zero attached hydrogens (tertiary/aromatic N) is 1. The van der Waals surface area contributed by atoms with E-state index in [4.69, 9.17) is 16.3 Å². The maximum Gasteiger partial charge on any atom is 0.142 e. The van der Waals surface area contributed by atoms with Gasteiger partial charge in [-0.15, -0.1) is 0 Å². The van der Waals surface area contributed by atoms with Gasteiger partial charge in [-0.25, -0.2) is 4.39 Å². The number of hydrogen-bond acceptors (Lipinski definition) is 2. The van der Waals surface area contributed by atoms with E-state index < -0.39 is 0 Å². The van der Waals surface area contributed by atoms with Gasteiger partial charge in [0.15, 0.2) is 0 Å². The minimum Gasteiger partial charge on any atom is -0.478 e. The summed E-state index contributed by atoms with van der Waals surface area (Å²) in [6.07, 6.45) is 0. The van der Waals surface area contributed by atoms with Gasteiger partial charge in [-0.05, 0) is 48.7 Å². The number of benzene rings is 2. The molecule has 0 saturated carbocycles. The van der Waals surface area contributed by atoms with E-state index in [9.17, 15) is 4.39 Å². The second-order valence-electron chi connectivity index (χ2n) is 5.50. The average Bonchev–Trinajstić information content (AvgIpc) is 2.48. The lowest BCUT2D eigenvalue weighted by Gasteiger charge is -2.30. The summed E-state index contributed by atoms with van der Waals surface area (Å²) >= 11 is 6.32. The first-order valence-electron chi connectivity index (χ1n) is 6.93. The van der Waals surface area contributed by atoms with Crippen molar-refractivity contribution in [2.75, 3.05) is 6.73 Å². The molecular formula is C17H17ClFNO. The number of rotatable bonds is 2. The SMILES string of the molecule is Cc1cc2c(c(C)c1Cl)CN(Cc1ccc(F)cc1)CO2. The highest BCUT2D eigenvalue weighted by atomic mass is 35.5. The molecule has 0 spiro atoms. The van der Waals surface area contributed by atoms with Crippen molar-refractivity contribution < 1.29 is 9.13 Å². The van der Waals surface area contributed by atoms with Crippen LogP contribution in [0.25, 0.3) is 0 Å². The minimum atomic E-state index is -0.211. The van der Waals surface area contributed by atoms with Gasteiger partial charge in [-0.2, -0.15) is 0 Å². The van der Waals surface area contributed by atoms with Crippen molar-refractivity contribution in [2.45, 2.75) is 26.9 Å². The van der Waals surface area contributed by atoms with Crippen LogP contribution in [-0.2, 0) is 13.1 Å². The van der Waals surface area contributed by atoms with Crippen molar-refractivity contribution >= 4 is 11.6 Å². The average molecular weight is 306 g/mol. The molecule has 1 aliphatic heterocycles. The maximum absolute atomic E-state index is 12.9. The summed E-state index contributed by atoms with van der Waals surface area (Å²) in [4.78, 5) is 2.17. The topological polar surface area (TPSA) is 12.5 Å². The number of hydrogen-bond donors (Lipinski definition) is 0. The highest BCUT2D eigenvalue weighted by molar-refractivity contribution is 6.32. The first-order valence-corrected chi connectivity index (χ1v) is 7.30. The molecule has 1 aliphatic rings. The van der Waals surface area contributed by atoms with Gasteiger partial charge in [0.05, 0.1) is 0 Å². The molecule has 0 atom stereocenters. The number of fused-ring (bicyclic) bond motifs is 1. The molecule has 0 bridgehead atoms. The van der Waals surface area contributed by atoms with Crippen LogP contribution in [0.15, 0.2) is 30.3 Å². The molecule has 0 radical (unpaired) electrons. The van der Waals surface area contributed by atoms with Crippen molar-refractivity contribution in [3.63, 3.8) is 0 Å². The Hall–Kier alpha value is -1.58. The second-order valence-corrected chi connectivity index (χ2v) is 5.87. The summed E-state index contributed by atoms with van der Waals surface area (Å²) in [5, 5.41) is 0.806. The van der Waals surface area contributed by atoms with Gasteiger partial charge in [-0.1, -0.05) is 23.7 Å². The molecule has 2 nitrogen and oxygen atoms in total. The molecule has 0 unspecified atom stereocenters. The third kappa shape index (κ3) is 2.89. The summed E-state index contributed by atoms with van der Waals surface area (Å²) < 4.78 is 18.8. The molecular weight excluding hydrogens is 289 g/mol. The molecule has 0 fully saturated rings. The van der Waals surface area contributed by atoms with Gasteiger partial charge < -0.3 is 4.74 Å². The van der Waals surface area contributed by atoms with Crippen LogP contribution in [-0.4, -0.2) is 11.6 Å². The number of halogens is 2. The standard InChI is InChI=1S/C17H17ClFNO/c1-11-7-16-15(12(2)17(11)18)9-20(10-21-16)8-13-3-5-14(19)6-4-13/h3-7H,8-10H2,1-2H3. The van der Waals surface area contributed by atoms with Crippen molar-refractivity contribution in [1.29, 1.82) is 0 Å². The summed E-state index contributed by atoms with van der Waals surface area (Å²) in [6, 6.07) is 8.58. The third-order valence-electron chi connectivity index (χ3n) is 3.88. The minimum absolute atomic E-state index is 0.211. The molecule has 0 N–H and O–H groups in total. The molecule has 3 rings (SSSR count). The molecule has 2 aromatic carbocycles. The van der Waals surface area contributed by atoms with Crippen LogP contribution in [0.4, 0.5) is 4.39 Å². The zero-order valence-electron chi connectivity index (χ0n) is 12.1. The molecule has 0 aliphatic carbocycles. The normalized spacial score (nSPS) is 14.7. The fraction of sp³-hybridized carbons (Fsp3) is 0.294. The van der Waals surface area contributed by atoms with Crippen LogP contribution >= 0.6 is 11.6 Å². The highest BCUT2D eigenvalue weighted by Gasteiger charge is 2.21. The van der Waals surface area contributed by atoms with Gasteiger partial charge in [-0.3, -0.25) is 4.90 Å². The molecule has 21 heavy (non-hydrogen) atoms. The fourth-order valence-electron chi connectivity index (χ4n) is 2.67. The monoisotopic (exact) mass is 305 g/mol. The van der Waals surface area contributed by atoms with E-state index in [0.29, 0.717) is 6.73 Å². The van der Waals surface area contributed by atoms with Crippen molar-refractivity contribution in [1.82, 2.24) is 4.90 Å². The van der Waals surface area contributed by atoms with Crippen molar-refractivity contribution in [3.8, 4) is 5.75 Å². The lowest BCUT2D eigenvalue weighted by molar-refractivity contribution is 0.0882. The highest BCUT2D eigenvalue weighted by Crippen LogP contribution is 2.35. The van der Waals surface area contributed by atoms with Crippen LogP contribution < -0.4 is 4.74 Å². The maximum atomic E-state index is 12.9. The second kappa shape index (κ2) is 5.66. The van der Waals surface area contributed by atoms with Gasteiger partial charge >= 0.3 is 0 Å². The van der Waals surface area contributed by atoms with Crippen LogP contribution in [0.5, 0.6) is 5.75 Å². The zero-order valence-corrected chi connectivity index (χ0v) is 12.9. The van der Waals surface area contributed by atoms with E-state index in [2.05, 4.69) is 4.90 Å². The van der Waals surface area contributed by atoms with Crippen LogP contribution in [0.2, 0.25) is 5.02 Å². The Balaban J connectivity index is 1.81. The Morgan fingerprint density at radius 2 is 1.95 bits per heavy atom. The van der Waals surface area contributed by atoms with E-state index in [1.165, 1.54) is 12.1 Å². The Bertz CT molecular complexity index is 669. The van der Waals surface area contributed by atoms with Crippen molar-refractivity contribution in [3.05, 3.63) is 63.4 Å². The van der Waals surface area contributed by atoms with Crippen LogP contribution in [0.3, 0.4) is 0 Å². The molecule has 4 heteroatoms. The van der Waals surface area contributed by atoms with E-state index in [1.807, 2.05) is 19.9 Å². The zero-order chi connectivity index (χ0) is 15.0. The van der Waals surface area contributed by atoms with Crippen LogP contribution in [0, 0.1) is 19.7 Å². The van der Waals surface area contributed by atoms with Gasteiger partial charge in [0.25, 0.3) is 0 Å². The first kappa shape index (κ1) is 14.4. The van der Waals surface area contributed by atoms with Crippen molar-refractivity contribution in [2.24, 2.45) is 0 Å². The van der Waals surface area contributed by atoms with E-state index in [-0.39, 0.29) is 5.82 Å². The van der Waals surface area contributed by atoms with Gasteiger partial charge in [0, 0.05) is 23.7 Å². The summed E-state index contributed by atoms with van der Waals surface area (Å²) in [7, 11) is 0. The Morgan fingerprint density at radius 3 is 2.67 bits per heavy atom. The fourth-order valence-corrected chi connectivity index (χ4v) is 2.83. The molecule has 0 aromatic heterocycles. The van der Waals surface area contributed by atoms with Gasteiger partial charge in [0.1, 0.15) is 18.3 Å². The van der Waals surface area contributed by atoms with E-state index in [1.54, 1.807) is 12.1 Å². The first-order chi connectivity index (χ1) is 10.0. The number of ether oxygens (including phenoxy) is 1. The summed E-state index contributed by atoms with van der Waals surface area (Å²) in [6.45, 7) is 6.07. The predicted molar refractivity (Wildman–Crippen MR) is 82.1 cm³/mol. The smallest absolute Gasteiger partial charge is 0.142 e. The number of aryl methyl sites for hydroxylation is 1. The quantitative estimate of drug-likeness (QED) is 0.813. The molecule has 0 amide bonds. The van der Waals surface area contributed by atoms with E-state index in [0.717, 1.165) is 46.1 Å². The lowest BCUT2D eigenvalue weighted by atomic mass is 10.0. The van der Waals surface area contributed by atoms with Crippen LogP contribution in [0.1, 0.15) is 22.3 Å². The molecule has 110 valence electrons.